The van der Waals surface area contributed by atoms with Crippen LogP contribution in [0.15, 0.2) is 16.6 Å². The molecular weight excluding hydrogens is 310 g/mol. The minimum absolute atomic E-state index is 0.121. The van der Waals surface area contributed by atoms with Gasteiger partial charge >= 0.3 is 0 Å². The van der Waals surface area contributed by atoms with E-state index in [4.69, 9.17) is 0 Å². The quantitative estimate of drug-likeness (QED) is 0.508. The molecule has 0 aromatic heterocycles. The molecule has 0 aliphatic rings. The van der Waals surface area contributed by atoms with Crippen LogP contribution < -0.4 is 0 Å². The van der Waals surface area contributed by atoms with Gasteiger partial charge in [0.2, 0.25) is 0 Å². The molecule has 0 unspecified atom stereocenters. The average Bonchev–Trinajstić information content (AvgIpc) is 1.82. The summed E-state index contributed by atoms with van der Waals surface area (Å²) in [4.78, 5) is 0. The Labute approximate surface area is 81.1 Å². The Hall–Kier alpha value is 0.360. The molecule has 0 radical (unpaired) electrons. The predicted molar refractivity (Wildman–Crippen MR) is 51.6 cm³/mol. The molecule has 0 saturated heterocycles. The summed E-state index contributed by atoms with van der Waals surface area (Å²) in [6.07, 6.45) is 0. The van der Waals surface area contributed by atoms with E-state index in [0.717, 1.165) is 4.47 Å². The molecule has 0 spiro atoms. The highest BCUT2D eigenvalue weighted by molar-refractivity contribution is 14.1. The van der Waals surface area contributed by atoms with Gasteiger partial charge in [-0.1, -0.05) is 15.9 Å². The SMILES string of the molecule is Cc1cc(Br)cc(I)c1F. The minimum atomic E-state index is -0.121. The maximum absolute atomic E-state index is 12.9. The topological polar surface area (TPSA) is 0 Å². The minimum Gasteiger partial charge on any atom is -0.206 e. The van der Waals surface area contributed by atoms with Gasteiger partial charge in [0.1, 0.15) is 5.82 Å². The van der Waals surface area contributed by atoms with Crippen molar-refractivity contribution in [2.24, 2.45) is 0 Å². The second kappa shape index (κ2) is 3.17. The second-order valence-electron chi connectivity index (χ2n) is 2.02. The summed E-state index contributed by atoms with van der Waals surface area (Å²) in [6.45, 7) is 1.75. The Morgan fingerprint density at radius 3 is 2.60 bits per heavy atom. The van der Waals surface area contributed by atoms with Gasteiger partial charge in [0.05, 0.1) is 3.57 Å². The van der Waals surface area contributed by atoms with Crippen LogP contribution in [0.3, 0.4) is 0 Å². The van der Waals surface area contributed by atoms with E-state index in [-0.39, 0.29) is 5.82 Å². The fourth-order valence-electron chi connectivity index (χ4n) is 0.685. The summed E-state index contributed by atoms with van der Waals surface area (Å²) in [5.41, 5.74) is 0.679. The molecule has 1 aromatic carbocycles. The first-order valence-electron chi connectivity index (χ1n) is 2.72. The van der Waals surface area contributed by atoms with Gasteiger partial charge < -0.3 is 0 Å². The molecule has 0 heterocycles. The third-order valence-electron chi connectivity index (χ3n) is 1.17. The van der Waals surface area contributed by atoms with Crippen LogP contribution in [0.4, 0.5) is 4.39 Å². The van der Waals surface area contributed by atoms with E-state index in [0.29, 0.717) is 9.13 Å². The van der Waals surface area contributed by atoms with Gasteiger partial charge in [-0.25, -0.2) is 4.39 Å². The number of benzene rings is 1. The number of halogens is 3. The van der Waals surface area contributed by atoms with Gasteiger partial charge in [0, 0.05) is 4.47 Å². The fraction of sp³-hybridized carbons (Fsp3) is 0.143. The Balaban J connectivity index is 3.31. The van der Waals surface area contributed by atoms with Crippen LogP contribution in [-0.4, -0.2) is 0 Å². The third-order valence-corrected chi connectivity index (χ3v) is 2.42. The van der Waals surface area contributed by atoms with Crippen molar-refractivity contribution in [3.63, 3.8) is 0 Å². The van der Waals surface area contributed by atoms with Gasteiger partial charge in [0.15, 0.2) is 0 Å². The third kappa shape index (κ3) is 1.69. The highest BCUT2D eigenvalue weighted by Gasteiger charge is 2.02. The lowest BCUT2D eigenvalue weighted by molar-refractivity contribution is 0.610. The molecule has 0 nitrogen and oxygen atoms in total. The number of hydrogen-bond donors (Lipinski definition) is 0. The average molecular weight is 315 g/mol. The molecule has 0 atom stereocenters. The monoisotopic (exact) mass is 314 g/mol. The molecule has 0 amide bonds. The Bertz CT molecular complexity index is 237. The first kappa shape index (κ1) is 8.46. The van der Waals surface area contributed by atoms with E-state index in [1.54, 1.807) is 19.1 Å². The van der Waals surface area contributed by atoms with Crippen LogP contribution in [0.2, 0.25) is 0 Å². The molecule has 3 heteroatoms. The van der Waals surface area contributed by atoms with Gasteiger partial charge in [-0.15, -0.1) is 0 Å². The molecule has 10 heavy (non-hydrogen) atoms. The van der Waals surface area contributed by atoms with E-state index < -0.39 is 0 Å². The lowest BCUT2D eigenvalue weighted by Crippen LogP contribution is -1.86. The first-order chi connectivity index (χ1) is 4.61. The molecule has 1 rings (SSSR count). The maximum Gasteiger partial charge on any atom is 0.139 e. The molecule has 0 saturated carbocycles. The van der Waals surface area contributed by atoms with E-state index in [1.165, 1.54) is 0 Å². The highest BCUT2D eigenvalue weighted by atomic mass is 127. The smallest absolute Gasteiger partial charge is 0.139 e. The van der Waals surface area contributed by atoms with Crippen LogP contribution in [0.25, 0.3) is 0 Å². The summed E-state index contributed by atoms with van der Waals surface area (Å²) in [5.74, 6) is -0.121. The zero-order valence-electron chi connectivity index (χ0n) is 5.29. The van der Waals surface area contributed by atoms with Crippen LogP contribution in [-0.2, 0) is 0 Å². The zero-order valence-corrected chi connectivity index (χ0v) is 9.03. The number of rotatable bonds is 0. The van der Waals surface area contributed by atoms with Crippen molar-refractivity contribution in [1.29, 1.82) is 0 Å². The maximum atomic E-state index is 12.9. The van der Waals surface area contributed by atoms with Gasteiger partial charge in [-0.2, -0.15) is 0 Å². The van der Waals surface area contributed by atoms with Crippen molar-refractivity contribution < 1.29 is 4.39 Å². The molecule has 0 bridgehead atoms. The van der Waals surface area contributed by atoms with Crippen molar-refractivity contribution in [2.45, 2.75) is 6.92 Å². The van der Waals surface area contributed by atoms with Crippen LogP contribution >= 0.6 is 38.5 Å². The molecule has 0 fully saturated rings. The molecule has 0 aliphatic carbocycles. The standard InChI is InChI=1S/C7H5BrFI/c1-4-2-5(8)3-6(10)7(4)9/h2-3H,1H3. The Morgan fingerprint density at radius 1 is 1.50 bits per heavy atom. The molecule has 1 aromatic rings. The van der Waals surface area contributed by atoms with E-state index in [2.05, 4.69) is 15.9 Å². The Morgan fingerprint density at radius 2 is 2.10 bits per heavy atom. The van der Waals surface area contributed by atoms with Gasteiger partial charge in [-0.05, 0) is 47.2 Å². The molecule has 0 N–H and O–H groups in total. The van der Waals surface area contributed by atoms with Gasteiger partial charge in [0.25, 0.3) is 0 Å². The van der Waals surface area contributed by atoms with Gasteiger partial charge in [-0.3, -0.25) is 0 Å². The summed E-state index contributed by atoms with van der Waals surface area (Å²) in [7, 11) is 0. The number of hydrogen-bond acceptors (Lipinski definition) is 0. The largest absolute Gasteiger partial charge is 0.206 e. The second-order valence-corrected chi connectivity index (χ2v) is 4.10. The first-order valence-corrected chi connectivity index (χ1v) is 4.59. The molecule has 0 aliphatic heterocycles. The van der Waals surface area contributed by atoms with E-state index in [1.807, 2.05) is 22.6 Å². The summed E-state index contributed by atoms with van der Waals surface area (Å²) >= 11 is 5.25. The molecular formula is C7H5BrFI. The van der Waals surface area contributed by atoms with Crippen LogP contribution in [0.1, 0.15) is 5.56 Å². The van der Waals surface area contributed by atoms with Crippen molar-refractivity contribution in [3.05, 3.63) is 31.6 Å². The van der Waals surface area contributed by atoms with Crippen LogP contribution in [0, 0.1) is 16.3 Å². The van der Waals surface area contributed by atoms with Crippen molar-refractivity contribution >= 4 is 38.5 Å². The van der Waals surface area contributed by atoms with Crippen molar-refractivity contribution in [1.82, 2.24) is 0 Å². The highest BCUT2D eigenvalue weighted by Crippen LogP contribution is 2.20. The molecule has 54 valence electrons. The summed E-state index contributed by atoms with van der Waals surface area (Å²) in [6, 6.07) is 3.51. The fourth-order valence-corrected chi connectivity index (χ4v) is 2.45. The van der Waals surface area contributed by atoms with Crippen molar-refractivity contribution in [3.8, 4) is 0 Å². The summed E-state index contributed by atoms with van der Waals surface area (Å²) in [5, 5.41) is 0. The normalized spacial score (nSPS) is 10.0. The van der Waals surface area contributed by atoms with E-state index >= 15 is 0 Å². The predicted octanol–water partition coefficient (Wildman–Crippen LogP) is 3.50. The van der Waals surface area contributed by atoms with Crippen LogP contribution in [0.5, 0.6) is 0 Å². The zero-order chi connectivity index (χ0) is 7.72. The number of aryl methyl sites for hydroxylation is 1. The lowest BCUT2D eigenvalue weighted by Gasteiger charge is -1.98. The Kier molecular flexibility index (Phi) is 2.68. The van der Waals surface area contributed by atoms with Crippen molar-refractivity contribution in [2.75, 3.05) is 0 Å². The lowest BCUT2D eigenvalue weighted by atomic mass is 10.2. The van der Waals surface area contributed by atoms with E-state index in [9.17, 15) is 4.39 Å². The summed E-state index contributed by atoms with van der Waals surface area (Å²) < 4.78 is 14.5.